The zero-order valence-electron chi connectivity index (χ0n) is 12.2. The first-order chi connectivity index (χ1) is 9.01. The Kier molecular flexibility index (Phi) is 5.67. The molecule has 0 heterocycles. The number of rotatable bonds is 6. The van der Waals surface area contributed by atoms with Gasteiger partial charge in [-0.25, -0.2) is 4.79 Å². The van der Waals surface area contributed by atoms with Gasteiger partial charge in [0, 0.05) is 6.04 Å². The van der Waals surface area contributed by atoms with Gasteiger partial charge in [-0.2, -0.15) is 0 Å². The van der Waals surface area contributed by atoms with E-state index in [-0.39, 0.29) is 5.97 Å². The average Bonchev–Trinajstić information content (AvgIpc) is 2.40. The minimum absolute atomic E-state index is 0.296. The standard InChI is InChI=1S/C15H24N2O2/c1-5-10(3)11(4)17-13-9-7-8-12(14(13)16)15(18)19-6-2/h7-11,17H,5-6,16H2,1-4H3. The van der Waals surface area contributed by atoms with Crippen molar-refractivity contribution in [2.75, 3.05) is 17.7 Å². The highest BCUT2D eigenvalue weighted by Gasteiger charge is 2.16. The zero-order valence-corrected chi connectivity index (χ0v) is 12.2. The minimum atomic E-state index is -0.375. The van der Waals surface area contributed by atoms with Gasteiger partial charge in [0.15, 0.2) is 0 Å². The van der Waals surface area contributed by atoms with Crippen molar-refractivity contribution in [1.82, 2.24) is 0 Å². The van der Waals surface area contributed by atoms with Crippen LogP contribution >= 0.6 is 0 Å². The summed E-state index contributed by atoms with van der Waals surface area (Å²) in [5, 5.41) is 3.37. The van der Waals surface area contributed by atoms with E-state index in [0.29, 0.717) is 29.8 Å². The van der Waals surface area contributed by atoms with Crippen LogP contribution in [0.3, 0.4) is 0 Å². The van der Waals surface area contributed by atoms with E-state index in [0.717, 1.165) is 12.1 Å². The second-order valence-electron chi connectivity index (χ2n) is 4.81. The molecule has 1 rings (SSSR count). The monoisotopic (exact) mass is 264 g/mol. The van der Waals surface area contributed by atoms with E-state index in [4.69, 9.17) is 10.5 Å². The van der Waals surface area contributed by atoms with Crippen LogP contribution in [0.25, 0.3) is 0 Å². The molecule has 2 atom stereocenters. The quantitative estimate of drug-likeness (QED) is 0.611. The number of hydrogen-bond donors (Lipinski definition) is 2. The van der Waals surface area contributed by atoms with Gasteiger partial charge in [0.25, 0.3) is 0 Å². The van der Waals surface area contributed by atoms with Gasteiger partial charge >= 0.3 is 5.97 Å². The van der Waals surface area contributed by atoms with Crippen LogP contribution < -0.4 is 11.1 Å². The molecule has 0 aliphatic carbocycles. The normalized spacial score (nSPS) is 13.7. The molecule has 0 aliphatic rings. The molecule has 4 nitrogen and oxygen atoms in total. The first kappa shape index (κ1) is 15.3. The maximum Gasteiger partial charge on any atom is 0.340 e. The van der Waals surface area contributed by atoms with Crippen LogP contribution in [0.1, 0.15) is 44.5 Å². The summed E-state index contributed by atoms with van der Waals surface area (Å²) >= 11 is 0. The molecule has 0 radical (unpaired) electrons. The summed E-state index contributed by atoms with van der Waals surface area (Å²) in [6, 6.07) is 5.68. The van der Waals surface area contributed by atoms with E-state index in [1.54, 1.807) is 13.0 Å². The zero-order chi connectivity index (χ0) is 14.4. The summed E-state index contributed by atoms with van der Waals surface area (Å²) in [5.74, 6) is 0.158. The number of hydrogen-bond acceptors (Lipinski definition) is 4. The molecular formula is C15H24N2O2. The summed E-state index contributed by atoms with van der Waals surface area (Å²) < 4.78 is 4.99. The molecule has 0 spiro atoms. The Morgan fingerprint density at radius 1 is 1.37 bits per heavy atom. The number of carbonyl (C=O) groups excluding carboxylic acids is 1. The van der Waals surface area contributed by atoms with Gasteiger partial charge in [0.05, 0.1) is 23.5 Å². The Morgan fingerprint density at radius 3 is 2.63 bits per heavy atom. The van der Waals surface area contributed by atoms with Crippen molar-refractivity contribution in [3.8, 4) is 0 Å². The maximum absolute atomic E-state index is 11.8. The van der Waals surface area contributed by atoms with Crippen LogP contribution in [-0.4, -0.2) is 18.6 Å². The van der Waals surface area contributed by atoms with E-state index in [9.17, 15) is 4.79 Å². The average molecular weight is 264 g/mol. The molecule has 0 saturated heterocycles. The third-order valence-corrected chi connectivity index (χ3v) is 3.48. The van der Waals surface area contributed by atoms with Crippen molar-refractivity contribution in [2.45, 2.75) is 40.2 Å². The Morgan fingerprint density at radius 2 is 2.05 bits per heavy atom. The lowest BCUT2D eigenvalue weighted by Gasteiger charge is -2.22. The van der Waals surface area contributed by atoms with Crippen LogP contribution in [0.15, 0.2) is 18.2 Å². The van der Waals surface area contributed by atoms with Gasteiger partial charge in [-0.3, -0.25) is 0 Å². The molecule has 0 aliphatic heterocycles. The Bertz CT molecular complexity index is 432. The van der Waals surface area contributed by atoms with Gasteiger partial charge in [-0.15, -0.1) is 0 Å². The lowest BCUT2D eigenvalue weighted by atomic mass is 10.00. The molecule has 19 heavy (non-hydrogen) atoms. The van der Waals surface area contributed by atoms with Crippen molar-refractivity contribution in [3.63, 3.8) is 0 Å². The topological polar surface area (TPSA) is 64.3 Å². The number of anilines is 2. The summed E-state index contributed by atoms with van der Waals surface area (Å²) in [5.41, 5.74) is 7.71. The van der Waals surface area contributed by atoms with Crippen LogP contribution in [0.2, 0.25) is 0 Å². The lowest BCUT2D eigenvalue weighted by Crippen LogP contribution is -2.24. The van der Waals surface area contributed by atoms with Crippen molar-refractivity contribution in [1.29, 1.82) is 0 Å². The summed E-state index contributed by atoms with van der Waals surface area (Å²) in [4.78, 5) is 11.8. The Balaban J connectivity index is 2.91. The van der Waals surface area contributed by atoms with E-state index in [1.165, 1.54) is 0 Å². The predicted molar refractivity (Wildman–Crippen MR) is 79.4 cm³/mol. The summed E-state index contributed by atoms with van der Waals surface area (Å²) in [6.07, 6.45) is 1.09. The van der Waals surface area contributed by atoms with E-state index in [2.05, 4.69) is 26.1 Å². The number of nitrogens with one attached hydrogen (secondary N) is 1. The molecule has 0 amide bonds. The Hall–Kier alpha value is -1.71. The molecule has 0 aromatic heterocycles. The molecule has 0 saturated carbocycles. The highest BCUT2D eigenvalue weighted by atomic mass is 16.5. The highest BCUT2D eigenvalue weighted by Crippen LogP contribution is 2.25. The lowest BCUT2D eigenvalue weighted by molar-refractivity contribution is 0.0527. The van der Waals surface area contributed by atoms with Crippen molar-refractivity contribution < 1.29 is 9.53 Å². The minimum Gasteiger partial charge on any atom is -0.462 e. The molecule has 1 aromatic rings. The van der Waals surface area contributed by atoms with E-state index < -0.39 is 0 Å². The van der Waals surface area contributed by atoms with Crippen molar-refractivity contribution in [3.05, 3.63) is 23.8 Å². The fourth-order valence-corrected chi connectivity index (χ4v) is 1.82. The van der Waals surface area contributed by atoms with E-state index >= 15 is 0 Å². The number of benzene rings is 1. The number of nitrogens with two attached hydrogens (primary N) is 1. The molecule has 4 heteroatoms. The van der Waals surface area contributed by atoms with Crippen molar-refractivity contribution in [2.24, 2.45) is 5.92 Å². The number of carbonyl (C=O) groups is 1. The fraction of sp³-hybridized carbons (Fsp3) is 0.533. The number of esters is 1. The molecule has 2 unspecified atom stereocenters. The smallest absolute Gasteiger partial charge is 0.340 e. The molecule has 106 valence electrons. The second-order valence-corrected chi connectivity index (χ2v) is 4.81. The number of ether oxygens (including phenoxy) is 1. The maximum atomic E-state index is 11.8. The van der Waals surface area contributed by atoms with Gasteiger partial charge in [-0.1, -0.05) is 26.3 Å². The fourth-order valence-electron chi connectivity index (χ4n) is 1.82. The van der Waals surface area contributed by atoms with E-state index in [1.807, 2.05) is 12.1 Å². The van der Waals surface area contributed by atoms with Gasteiger partial charge in [-0.05, 0) is 31.9 Å². The first-order valence-electron chi connectivity index (χ1n) is 6.83. The Labute approximate surface area is 115 Å². The number of para-hydroxylation sites is 1. The van der Waals surface area contributed by atoms with Gasteiger partial charge < -0.3 is 15.8 Å². The van der Waals surface area contributed by atoms with Crippen LogP contribution in [-0.2, 0) is 4.74 Å². The first-order valence-corrected chi connectivity index (χ1v) is 6.83. The third kappa shape index (κ3) is 3.88. The summed E-state index contributed by atoms with van der Waals surface area (Å²) in [7, 11) is 0. The van der Waals surface area contributed by atoms with Gasteiger partial charge in [0.2, 0.25) is 0 Å². The van der Waals surface area contributed by atoms with Crippen molar-refractivity contribution >= 4 is 17.3 Å². The van der Waals surface area contributed by atoms with Crippen LogP contribution in [0.4, 0.5) is 11.4 Å². The largest absolute Gasteiger partial charge is 0.462 e. The van der Waals surface area contributed by atoms with Gasteiger partial charge in [0.1, 0.15) is 0 Å². The predicted octanol–water partition coefficient (Wildman–Crippen LogP) is 3.29. The van der Waals surface area contributed by atoms with Crippen LogP contribution in [0.5, 0.6) is 0 Å². The van der Waals surface area contributed by atoms with Crippen LogP contribution in [0, 0.1) is 5.92 Å². The second kappa shape index (κ2) is 7.02. The molecule has 3 N–H and O–H groups in total. The molecular weight excluding hydrogens is 240 g/mol. The highest BCUT2D eigenvalue weighted by molar-refractivity contribution is 5.98. The molecule has 1 aromatic carbocycles. The molecule has 0 fully saturated rings. The summed E-state index contributed by atoms with van der Waals surface area (Å²) in [6.45, 7) is 8.58. The third-order valence-electron chi connectivity index (χ3n) is 3.48. The number of nitrogen functional groups attached to an aromatic ring is 1. The molecule has 0 bridgehead atoms. The SMILES string of the molecule is CCOC(=O)c1cccc(NC(C)C(C)CC)c1N.